The SMILES string of the molecule is O=C1N2CC(c3ncco3)=CC(C2)N1OS(=O)(=O)O. The molecule has 0 spiro atoms. The summed E-state index contributed by atoms with van der Waals surface area (Å²) in [5.74, 6) is 0.358. The first-order valence-electron chi connectivity index (χ1n) is 5.30. The molecule has 0 saturated carbocycles. The zero-order valence-electron chi connectivity index (χ0n) is 9.46. The fraction of sp³-hybridized carbons (Fsp3) is 0.333. The van der Waals surface area contributed by atoms with Gasteiger partial charge in [0.25, 0.3) is 0 Å². The van der Waals surface area contributed by atoms with Crippen LogP contribution < -0.4 is 0 Å². The van der Waals surface area contributed by atoms with Crippen molar-refractivity contribution in [1.82, 2.24) is 14.9 Å². The summed E-state index contributed by atoms with van der Waals surface area (Å²) >= 11 is 0. The number of rotatable bonds is 3. The molecule has 3 rings (SSSR count). The summed E-state index contributed by atoms with van der Waals surface area (Å²) in [6.45, 7) is 0.514. The van der Waals surface area contributed by atoms with E-state index in [0.29, 0.717) is 16.5 Å². The maximum absolute atomic E-state index is 11.8. The minimum Gasteiger partial charge on any atom is -0.445 e. The van der Waals surface area contributed by atoms with E-state index in [9.17, 15) is 13.2 Å². The number of oxazole rings is 1. The summed E-state index contributed by atoms with van der Waals surface area (Å²) in [5.41, 5.74) is 0.649. The third-order valence-electron chi connectivity index (χ3n) is 2.80. The van der Waals surface area contributed by atoms with Crippen LogP contribution in [0.2, 0.25) is 0 Å². The van der Waals surface area contributed by atoms with E-state index in [-0.39, 0.29) is 13.1 Å². The largest absolute Gasteiger partial charge is 0.445 e. The van der Waals surface area contributed by atoms with Crippen LogP contribution in [0.3, 0.4) is 0 Å². The molecule has 2 bridgehead atoms. The number of carbonyl (C=O) groups is 1. The van der Waals surface area contributed by atoms with Gasteiger partial charge in [0, 0.05) is 12.1 Å². The minimum absolute atomic E-state index is 0.237. The number of carbonyl (C=O) groups excluding carboxylic acids is 1. The molecule has 1 N–H and O–H groups in total. The third kappa shape index (κ3) is 2.20. The molecule has 0 radical (unpaired) electrons. The Kier molecular flexibility index (Phi) is 2.59. The molecule has 102 valence electrons. The summed E-state index contributed by atoms with van der Waals surface area (Å²) in [5, 5.41) is 0.616. The van der Waals surface area contributed by atoms with Crippen molar-refractivity contribution >= 4 is 22.0 Å². The Hall–Kier alpha value is -1.91. The second-order valence-corrected chi connectivity index (χ2v) is 5.09. The summed E-state index contributed by atoms with van der Waals surface area (Å²) in [6.07, 6.45) is 4.49. The average molecular weight is 287 g/mol. The molecule has 1 saturated heterocycles. The van der Waals surface area contributed by atoms with Crippen molar-refractivity contribution in [2.75, 3.05) is 13.1 Å². The summed E-state index contributed by atoms with van der Waals surface area (Å²) in [7, 11) is -4.74. The Morgan fingerprint density at radius 3 is 2.95 bits per heavy atom. The van der Waals surface area contributed by atoms with Crippen LogP contribution in [0.4, 0.5) is 4.79 Å². The second-order valence-electron chi connectivity index (χ2n) is 4.09. The number of nitrogens with zero attached hydrogens (tertiary/aromatic N) is 3. The summed E-state index contributed by atoms with van der Waals surface area (Å²) < 4.78 is 39.4. The number of aromatic nitrogens is 1. The first-order chi connectivity index (χ1) is 8.94. The monoisotopic (exact) mass is 287 g/mol. The van der Waals surface area contributed by atoms with Gasteiger partial charge >= 0.3 is 16.4 Å². The van der Waals surface area contributed by atoms with Crippen LogP contribution in [0.25, 0.3) is 5.57 Å². The highest BCUT2D eigenvalue weighted by Crippen LogP contribution is 2.29. The Bertz CT molecular complexity index is 637. The second kappa shape index (κ2) is 4.05. The van der Waals surface area contributed by atoms with Gasteiger partial charge in [0.2, 0.25) is 5.89 Å². The highest BCUT2D eigenvalue weighted by molar-refractivity contribution is 7.80. The summed E-state index contributed by atoms with van der Waals surface area (Å²) in [6, 6.07) is -1.26. The number of hydrogen-bond donors (Lipinski definition) is 1. The maximum atomic E-state index is 11.8. The molecule has 19 heavy (non-hydrogen) atoms. The number of fused-ring (bicyclic) bond motifs is 2. The number of hydrogen-bond acceptors (Lipinski definition) is 6. The Morgan fingerprint density at radius 2 is 2.32 bits per heavy atom. The Morgan fingerprint density at radius 1 is 1.53 bits per heavy atom. The molecule has 3 heterocycles. The van der Waals surface area contributed by atoms with Crippen LogP contribution in [0.5, 0.6) is 0 Å². The third-order valence-corrected chi connectivity index (χ3v) is 3.15. The van der Waals surface area contributed by atoms with Gasteiger partial charge in [-0.1, -0.05) is 0 Å². The van der Waals surface area contributed by atoms with Gasteiger partial charge in [0.15, 0.2) is 0 Å². The van der Waals surface area contributed by atoms with E-state index in [0.717, 1.165) is 0 Å². The lowest BCUT2D eigenvalue weighted by Crippen LogP contribution is -2.35. The van der Waals surface area contributed by atoms with E-state index < -0.39 is 22.5 Å². The number of urea groups is 1. The smallest absolute Gasteiger partial charge is 0.418 e. The first-order valence-corrected chi connectivity index (χ1v) is 6.66. The Labute approximate surface area is 108 Å². The molecular formula is C9H9N3O6S. The maximum Gasteiger partial charge on any atom is 0.418 e. The average Bonchev–Trinajstić information content (AvgIpc) is 2.92. The lowest BCUT2D eigenvalue weighted by Gasteiger charge is -2.19. The van der Waals surface area contributed by atoms with Gasteiger partial charge in [0.1, 0.15) is 6.26 Å². The van der Waals surface area contributed by atoms with Gasteiger partial charge < -0.3 is 9.32 Å². The molecule has 2 amide bonds. The zero-order chi connectivity index (χ0) is 13.6. The van der Waals surface area contributed by atoms with Crippen LogP contribution in [0.1, 0.15) is 5.89 Å². The van der Waals surface area contributed by atoms with E-state index >= 15 is 0 Å². The molecule has 1 unspecified atom stereocenters. The van der Waals surface area contributed by atoms with Crippen molar-refractivity contribution < 1.29 is 26.5 Å². The zero-order valence-corrected chi connectivity index (χ0v) is 10.3. The standard InChI is InChI=1S/C9H9N3O6S/c13-9-11-4-6(8-10-1-2-17-8)3-7(5-11)12(9)18-19(14,15)16/h1-3,7H,4-5H2,(H,14,15,16). The Balaban J connectivity index is 1.90. The molecule has 2 aliphatic rings. The molecule has 10 heteroatoms. The fourth-order valence-electron chi connectivity index (χ4n) is 2.11. The van der Waals surface area contributed by atoms with Crippen molar-refractivity contribution in [1.29, 1.82) is 0 Å². The van der Waals surface area contributed by atoms with Gasteiger partial charge in [-0.2, -0.15) is 13.5 Å². The van der Waals surface area contributed by atoms with Crippen LogP contribution in [-0.4, -0.2) is 53.1 Å². The molecule has 0 aromatic carbocycles. The molecule has 1 fully saturated rings. The molecule has 9 nitrogen and oxygen atoms in total. The van der Waals surface area contributed by atoms with Crippen LogP contribution in [-0.2, 0) is 14.7 Å². The molecule has 2 aliphatic heterocycles. The molecule has 0 aliphatic carbocycles. The van der Waals surface area contributed by atoms with Crippen molar-refractivity contribution in [3.8, 4) is 0 Å². The van der Waals surface area contributed by atoms with E-state index in [4.69, 9.17) is 8.97 Å². The lowest BCUT2D eigenvalue weighted by atomic mass is 10.1. The predicted octanol–water partition coefficient (Wildman–Crippen LogP) is -0.0878. The molecule has 1 aromatic heterocycles. The fourth-order valence-corrected chi connectivity index (χ4v) is 2.49. The number of amides is 2. The van der Waals surface area contributed by atoms with E-state index in [2.05, 4.69) is 9.27 Å². The van der Waals surface area contributed by atoms with Crippen LogP contribution in [0, 0.1) is 0 Å². The van der Waals surface area contributed by atoms with E-state index in [1.165, 1.54) is 17.4 Å². The molecule has 1 atom stereocenters. The highest BCUT2D eigenvalue weighted by atomic mass is 32.3. The van der Waals surface area contributed by atoms with Gasteiger partial charge in [-0.05, 0) is 6.08 Å². The van der Waals surface area contributed by atoms with Gasteiger partial charge in [-0.15, -0.1) is 4.28 Å². The summed E-state index contributed by atoms with van der Waals surface area (Å²) in [4.78, 5) is 17.2. The van der Waals surface area contributed by atoms with Crippen molar-refractivity contribution in [3.05, 3.63) is 24.4 Å². The van der Waals surface area contributed by atoms with Crippen molar-refractivity contribution in [3.63, 3.8) is 0 Å². The van der Waals surface area contributed by atoms with Crippen LogP contribution in [0.15, 0.2) is 23.0 Å². The minimum atomic E-state index is -4.74. The van der Waals surface area contributed by atoms with Gasteiger partial charge in [-0.25, -0.2) is 9.78 Å². The topological polar surface area (TPSA) is 113 Å². The van der Waals surface area contributed by atoms with Gasteiger partial charge in [0.05, 0.1) is 18.8 Å². The molecule has 1 aromatic rings. The first kappa shape index (κ1) is 12.1. The lowest BCUT2D eigenvalue weighted by molar-refractivity contribution is -0.0183. The highest BCUT2D eigenvalue weighted by Gasteiger charge is 2.43. The van der Waals surface area contributed by atoms with Crippen molar-refractivity contribution in [2.45, 2.75) is 6.04 Å². The van der Waals surface area contributed by atoms with Gasteiger partial charge in [-0.3, -0.25) is 4.55 Å². The molecular weight excluding hydrogens is 278 g/mol. The van der Waals surface area contributed by atoms with E-state index in [1.54, 1.807) is 6.08 Å². The predicted molar refractivity (Wildman–Crippen MR) is 59.7 cm³/mol. The quantitative estimate of drug-likeness (QED) is 0.773. The van der Waals surface area contributed by atoms with Crippen molar-refractivity contribution in [2.24, 2.45) is 0 Å². The van der Waals surface area contributed by atoms with E-state index in [1.807, 2.05) is 0 Å². The number of hydroxylamine groups is 2. The van der Waals surface area contributed by atoms with Crippen LogP contribution >= 0.6 is 0 Å². The normalized spacial score (nSPS) is 22.9.